The van der Waals surface area contributed by atoms with Crippen LogP contribution < -0.4 is 15.5 Å². The van der Waals surface area contributed by atoms with Crippen LogP contribution in [-0.2, 0) is 15.8 Å². The summed E-state index contributed by atoms with van der Waals surface area (Å²) in [6, 6.07) is 15.5. The van der Waals surface area contributed by atoms with Gasteiger partial charge in [0.05, 0.1) is 18.4 Å². The highest BCUT2D eigenvalue weighted by Crippen LogP contribution is 2.30. The Morgan fingerprint density at radius 1 is 1.03 bits per heavy atom. The molecule has 3 aromatic carbocycles. The fourth-order valence-electron chi connectivity index (χ4n) is 3.08. The number of ether oxygens (including phenoxy) is 1. The molecule has 0 aliphatic rings. The van der Waals surface area contributed by atoms with Crippen molar-refractivity contribution < 1.29 is 27.5 Å². The molecule has 172 valence electrons. The van der Waals surface area contributed by atoms with Crippen molar-refractivity contribution in [1.29, 1.82) is 0 Å². The number of alkyl halides is 3. The molecule has 2 N–H and O–H groups in total. The van der Waals surface area contributed by atoms with E-state index in [1.54, 1.807) is 0 Å². The maximum Gasteiger partial charge on any atom is 0.416 e. The van der Waals surface area contributed by atoms with Crippen molar-refractivity contribution in [1.82, 2.24) is 5.43 Å². The lowest BCUT2D eigenvalue weighted by Gasteiger charge is -2.11. The van der Waals surface area contributed by atoms with E-state index in [4.69, 9.17) is 4.74 Å². The summed E-state index contributed by atoms with van der Waals surface area (Å²) in [7, 11) is 0. The summed E-state index contributed by atoms with van der Waals surface area (Å²) in [6.07, 6.45) is -2.88. The molecule has 0 saturated heterocycles. The van der Waals surface area contributed by atoms with E-state index in [0.717, 1.165) is 29.3 Å². The van der Waals surface area contributed by atoms with Gasteiger partial charge in [0.1, 0.15) is 12.2 Å². The van der Waals surface area contributed by atoms with Crippen LogP contribution in [0.2, 0.25) is 0 Å². The summed E-state index contributed by atoms with van der Waals surface area (Å²) < 4.78 is 44.1. The molecule has 0 bridgehead atoms. The molecule has 0 unspecified atom stereocenters. The van der Waals surface area contributed by atoms with Crippen LogP contribution in [0.1, 0.15) is 30.9 Å². The lowest BCUT2D eigenvalue weighted by Crippen LogP contribution is -2.24. The highest BCUT2D eigenvalue weighted by Gasteiger charge is 2.30. The van der Waals surface area contributed by atoms with E-state index < -0.39 is 30.0 Å². The number of fused-ring (bicyclic) bond motifs is 1. The van der Waals surface area contributed by atoms with E-state index in [1.165, 1.54) is 18.3 Å². The fourth-order valence-corrected chi connectivity index (χ4v) is 3.08. The molecule has 0 saturated carbocycles. The molecule has 2 amide bonds. The summed E-state index contributed by atoms with van der Waals surface area (Å²) in [5.74, 6) is -0.873. The molecule has 3 rings (SSSR count). The molecular formula is C24H22F3N3O3. The zero-order valence-electron chi connectivity index (χ0n) is 17.8. The third-order valence-electron chi connectivity index (χ3n) is 4.57. The first-order valence-electron chi connectivity index (χ1n) is 10.2. The normalized spacial score (nSPS) is 11.5. The zero-order chi connectivity index (χ0) is 23.8. The van der Waals surface area contributed by atoms with Crippen LogP contribution in [0.4, 0.5) is 18.9 Å². The Morgan fingerprint density at radius 2 is 1.82 bits per heavy atom. The number of hydrazone groups is 1. The molecule has 3 aromatic rings. The van der Waals surface area contributed by atoms with Crippen molar-refractivity contribution in [3.8, 4) is 5.75 Å². The average Bonchev–Trinajstić information content (AvgIpc) is 2.77. The summed E-state index contributed by atoms with van der Waals surface area (Å²) in [5.41, 5.74) is 1.99. The molecular weight excluding hydrogens is 435 g/mol. The van der Waals surface area contributed by atoms with Gasteiger partial charge in [-0.1, -0.05) is 43.3 Å². The van der Waals surface area contributed by atoms with Gasteiger partial charge in [-0.3, -0.25) is 9.59 Å². The number of anilines is 1. The SMILES string of the molecule is CCCOc1ccc2ccccc2c1C=NNC(=O)CC(=O)Nc1cccc(C(F)(F)F)c1. The van der Waals surface area contributed by atoms with Gasteiger partial charge >= 0.3 is 6.18 Å². The summed E-state index contributed by atoms with van der Waals surface area (Å²) in [4.78, 5) is 24.1. The van der Waals surface area contributed by atoms with Gasteiger partial charge in [-0.2, -0.15) is 18.3 Å². The maximum absolute atomic E-state index is 12.8. The van der Waals surface area contributed by atoms with Gasteiger partial charge < -0.3 is 10.1 Å². The van der Waals surface area contributed by atoms with Crippen LogP contribution in [0, 0.1) is 0 Å². The first kappa shape index (κ1) is 23.8. The Balaban J connectivity index is 1.64. The second kappa shape index (κ2) is 10.6. The predicted molar refractivity (Wildman–Crippen MR) is 120 cm³/mol. The highest BCUT2D eigenvalue weighted by atomic mass is 19.4. The van der Waals surface area contributed by atoms with Crippen molar-refractivity contribution in [2.75, 3.05) is 11.9 Å². The Hall–Kier alpha value is -3.88. The molecule has 0 heterocycles. The van der Waals surface area contributed by atoms with Crippen LogP contribution in [-0.4, -0.2) is 24.6 Å². The Morgan fingerprint density at radius 3 is 2.58 bits per heavy atom. The van der Waals surface area contributed by atoms with Crippen LogP contribution in [0.25, 0.3) is 10.8 Å². The van der Waals surface area contributed by atoms with Crippen molar-refractivity contribution in [3.05, 3.63) is 71.8 Å². The van der Waals surface area contributed by atoms with Gasteiger partial charge in [0.2, 0.25) is 11.8 Å². The largest absolute Gasteiger partial charge is 0.493 e. The molecule has 0 aliphatic heterocycles. The van der Waals surface area contributed by atoms with Gasteiger partial charge in [-0.25, -0.2) is 5.43 Å². The third kappa shape index (κ3) is 6.55. The molecule has 0 aromatic heterocycles. The molecule has 0 aliphatic carbocycles. The third-order valence-corrected chi connectivity index (χ3v) is 4.57. The van der Waals surface area contributed by atoms with Gasteiger partial charge in [0.25, 0.3) is 0 Å². The number of nitrogens with zero attached hydrogens (tertiary/aromatic N) is 1. The van der Waals surface area contributed by atoms with Crippen LogP contribution in [0.15, 0.2) is 65.8 Å². The number of hydrogen-bond donors (Lipinski definition) is 2. The number of benzene rings is 3. The molecule has 9 heteroatoms. The van der Waals surface area contributed by atoms with E-state index >= 15 is 0 Å². The molecule has 0 atom stereocenters. The molecule has 0 spiro atoms. The smallest absolute Gasteiger partial charge is 0.416 e. The Labute approximate surface area is 188 Å². The zero-order valence-corrected chi connectivity index (χ0v) is 17.8. The average molecular weight is 457 g/mol. The summed E-state index contributed by atoms with van der Waals surface area (Å²) in [5, 5.41) is 8.06. The van der Waals surface area contributed by atoms with Crippen LogP contribution >= 0.6 is 0 Å². The van der Waals surface area contributed by atoms with Gasteiger partial charge in [0, 0.05) is 11.3 Å². The quantitative estimate of drug-likeness (QED) is 0.280. The van der Waals surface area contributed by atoms with Gasteiger partial charge in [-0.15, -0.1) is 0 Å². The molecule has 0 radical (unpaired) electrons. The van der Waals surface area contributed by atoms with Crippen LogP contribution in [0.3, 0.4) is 0 Å². The first-order chi connectivity index (χ1) is 15.8. The monoisotopic (exact) mass is 457 g/mol. The van der Waals surface area contributed by atoms with Crippen molar-refractivity contribution >= 4 is 34.5 Å². The van der Waals surface area contributed by atoms with E-state index in [1.807, 2.05) is 43.3 Å². The summed E-state index contributed by atoms with van der Waals surface area (Å²) >= 11 is 0. The number of amides is 2. The van der Waals surface area contributed by atoms with Gasteiger partial charge in [-0.05, 0) is 41.5 Å². The maximum atomic E-state index is 12.8. The highest BCUT2D eigenvalue weighted by molar-refractivity contribution is 6.05. The minimum absolute atomic E-state index is 0.0559. The van der Waals surface area contributed by atoms with E-state index in [9.17, 15) is 22.8 Å². The molecule has 6 nitrogen and oxygen atoms in total. The predicted octanol–water partition coefficient (Wildman–Crippen LogP) is 5.13. The number of carbonyl (C=O) groups is 2. The Kier molecular flexibility index (Phi) is 7.66. The second-order valence-electron chi connectivity index (χ2n) is 7.14. The van der Waals surface area contributed by atoms with Crippen molar-refractivity contribution in [2.24, 2.45) is 5.10 Å². The minimum atomic E-state index is -4.53. The standard InChI is InChI=1S/C24H22F3N3O3/c1-2-12-33-21-11-10-16-6-3-4-9-19(16)20(21)15-28-30-23(32)14-22(31)29-18-8-5-7-17(13-18)24(25,26)27/h3-11,13,15H,2,12,14H2,1H3,(H,29,31)(H,30,32). The van der Waals surface area contributed by atoms with Crippen molar-refractivity contribution in [3.63, 3.8) is 0 Å². The molecule has 0 fully saturated rings. The first-order valence-corrected chi connectivity index (χ1v) is 10.2. The topological polar surface area (TPSA) is 79.8 Å². The van der Waals surface area contributed by atoms with Crippen molar-refractivity contribution in [2.45, 2.75) is 25.9 Å². The van der Waals surface area contributed by atoms with Gasteiger partial charge in [0.15, 0.2) is 0 Å². The number of carbonyl (C=O) groups excluding carboxylic acids is 2. The lowest BCUT2D eigenvalue weighted by atomic mass is 10.0. The van der Waals surface area contributed by atoms with E-state index in [-0.39, 0.29) is 5.69 Å². The Bertz CT molecular complexity index is 1180. The molecule has 33 heavy (non-hydrogen) atoms. The number of nitrogens with one attached hydrogen (secondary N) is 2. The summed E-state index contributed by atoms with van der Waals surface area (Å²) in [6.45, 7) is 2.50. The van der Waals surface area contributed by atoms with E-state index in [0.29, 0.717) is 17.9 Å². The lowest BCUT2D eigenvalue weighted by molar-refractivity contribution is -0.137. The number of halogens is 3. The second-order valence-corrected chi connectivity index (χ2v) is 7.14. The fraction of sp³-hybridized carbons (Fsp3) is 0.208. The number of hydrogen-bond acceptors (Lipinski definition) is 4. The minimum Gasteiger partial charge on any atom is -0.493 e. The number of rotatable bonds is 8. The van der Waals surface area contributed by atoms with Crippen LogP contribution in [0.5, 0.6) is 5.75 Å². The van der Waals surface area contributed by atoms with E-state index in [2.05, 4.69) is 15.8 Å².